The molecule has 138 valence electrons. The van der Waals surface area contributed by atoms with Crippen molar-refractivity contribution in [2.45, 2.75) is 38.3 Å². The molecule has 1 saturated heterocycles. The van der Waals surface area contributed by atoms with E-state index in [9.17, 15) is 9.59 Å². The monoisotopic (exact) mass is 366 g/mol. The summed E-state index contributed by atoms with van der Waals surface area (Å²) in [7, 11) is 3.51. The van der Waals surface area contributed by atoms with Gasteiger partial charge in [0.2, 0.25) is 5.91 Å². The molecule has 0 unspecified atom stereocenters. The van der Waals surface area contributed by atoms with Crippen LogP contribution in [0.25, 0.3) is 0 Å². The third-order valence-electron chi connectivity index (χ3n) is 4.64. The molecule has 2 aliphatic heterocycles. The van der Waals surface area contributed by atoms with E-state index in [2.05, 4.69) is 0 Å². The van der Waals surface area contributed by atoms with Gasteiger partial charge in [-0.2, -0.15) is 0 Å². The smallest absolute Gasteiger partial charge is 0.263 e. The Labute approximate surface area is 152 Å². The van der Waals surface area contributed by atoms with Crippen molar-refractivity contribution >= 4 is 23.2 Å². The zero-order valence-electron chi connectivity index (χ0n) is 15.0. The number of hydrogen-bond donors (Lipinski definition) is 0. The predicted octanol–water partition coefficient (Wildman–Crippen LogP) is 1.92. The molecule has 7 heteroatoms. The molecule has 1 fully saturated rings. The van der Waals surface area contributed by atoms with E-state index in [1.807, 2.05) is 11.0 Å². The predicted molar refractivity (Wildman–Crippen MR) is 95.9 cm³/mol. The summed E-state index contributed by atoms with van der Waals surface area (Å²) in [6.07, 6.45) is 4.23. The Morgan fingerprint density at radius 3 is 2.96 bits per heavy atom. The first-order valence-electron chi connectivity index (χ1n) is 8.85. The van der Waals surface area contributed by atoms with E-state index in [4.69, 9.17) is 9.47 Å². The number of rotatable bonds is 5. The number of carbonyl (C=O) groups excluding carboxylic acids is 2. The fraction of sp³-hybridized carbons (Fsp3) is 0.667. The molecule has 6 nitrogen and oxygen atoms in total. The Morgan fingerprint density at radius 1 is 1.40 bits per heavy atom. The fourth-order valence-electron chi connectivity index (χ4n) is 3.18. The van der Waals surface area contributed by atoms with Gasteiger partial charge in [0.1, 0.15) is 6.61 Å². The molecule has 3 rings (SSSR count). The minimum Gasteiger partial charge on any atom is -0.376 e. The maximum Gasteiger partial charge on any atom is 0.263 e. The summed E-state index contributed by atoms with van der Waals surface area (Å²) in [5.41, 5.74) is 1.09. The second kappa shape index (κ2) is 8.29. The van der Waals surface area contributed by atoms with Gasteiger partial charge >= 0.3 is 0 Å². The Morgan fingerprint density at radius 2 is 2.24 bits per heavy atom. The van der Waals surface area contributed by atoms with E-state index in [-0.39, 0.29) is 24.5 Å². The van der Waals surface area contributed by atoms with Crippen LogP contribution in [0.3, 0.4) is 0 Å². The number of nitrogens with zero attached hydrogens (tertiary/aromatic N) is 2. The van der Waals surface area contributed by atoms with Crippen molar-refractivity contribution in [1.82, 2.24) is 9.80 Å². The van der Waals surface area contributed by atoms with Gasteiger partial charge in [-0.15, -0.1) is 11.3 Å². The number of ether oxygens (including phenoxy) is 2. The summed E-state index contributed by atoms with van der Waals surface area (Å²) >= 11 is 1.55. The van der Waals surface area contributed by atoms with Crippen molar-refractivity contribution in [3.8, 4) is 0 Å². The molecule has 0 aromatic carbocycles. The average Bonchev–Trinajstić information content (AvgIpc) is 3.04. The summed E-state index contributed by atoms with van der Waals surface area (Å²) in [5, 5.41) is 0. The van der Waals surface area contributed by atoms with Crippen molar-refractivity contribution in [3.05, 3.63) is 21.4 Å². The van der Waals surface area contributed by atoms with Gasteiger partial charge in [-0.25, -0.2) is 0 Å². The number of thiophene rings is 1. The molecule has 1 atom stereocenters. The van der Waals surface area contributed by atoms with Crippen LogP contribution < -0.4 is 0 Å². The minimum atomic E-state index is 0.00754. The third-order valence-corrected chi connectivity index (χ3v) is 5.86. The topological polar surface area (TPSA) is 59.1 Å². The maximum atomic E-state index is 12.4. The van der Waals surface area contributed by atoms with Gasteiger partial charge in [0.25, 0.3) is 5.91 Å². The van der Waals surface area contributed by atoms with Crippen molar-refractivity contribution in [2.24, 2.45) is 0 Å². The van der Waals surface area contributed by atoms with Crippen LogP contribution in [-0.4, -0.2) is 68.2 Å². The molecule has 2 aliphatic rings. The van der Waals surface area contributed by atoms with Crippen LogP contribution in [0.1, 0.15) is 39.4 Å². The van der Waals surface area contributed by atoms with E-state index in [0.717, 1.165) is 36.3 Å². The van der Waals surface area contributed by atoms with Crippen LogP contribution in [0.4, 0.5) is 0 Å². The van der Waals surface area contributed by atoms with Gasteiger partial charge in [-0.05, 0) is 37.3 Å². The van der Waals surface area contributed by atoms with Gasteiger partial charge in [0, 0.05) is 38.7 Å². The van der Waals surface area contributed by atoms with Gasteiger partial charge in [-0.3, -0.25) is 9.59 Å². The second-order valence-corrected chi connectivity index (χ2v) is 7.96. The molecule has 1 aromatic heterocycles. The van der Waals surface area contributed by atoms with Crippen LogP contribution in [0.15, 0.2) is 6.07 Å². The van der Waals surface area contributed by atoms with Gasteiger partial charge in [-0.1, -0.05) is 0 Å². The SMILES string of the molecule is CN(C)C(=O)c1cc2c(s1)CCN(C(=O)COC[C@@H]1CCCCO1)C2. The first-order chi connectivity index (χ1) is 12.0. The molecular weight excluding hydrogens is 340 g/mol. The largest absolute Gasteiger partial charge is 0.376 e. The van der Waals surface area contributed by atoms with Crippen LogP contribution in [0, 0.1) is 0 Å². The molecule has 0 bridgehead atoms. The van der Waals surface area contributed by atoms with Gasteiger partial charge in [0.15, 0.2) is 0 Å². The number of amides is 2. The summed E-state index contributed by atoms with van der Waals surface area (Å²) in [5.74, 6) is 0.0289. The Kier molecular flexibility index (Phi) is 6.09. The summed E-state index contributed by atoms with van der Waals surface area (Å²) < 4.78 is 11.2. The molecule has 0 saturated carbocycles. The Hall–Kier alpha value is -1.44. The van der Waals surface area contributed by atoms with Crippen LogP contribution in [0.5, 0.6) is 0 Å². The van der Waals surface area contributed by atoms with E-state index in [0.29, 0.717) is 19.7 Å². The highest BCUT2D eigenvalue weighted by Crippen LogP contribution is 2.28. The second-order valence-electron chi connectivity index (χ2n) is 6.83. The zero-order valence-corrected chi connectivity index (χ0v) is 15.8. The molecule has 0 aliphatic carbocycles. The molecular formula is C18H26N2O4S. The highest BCUT2D eigenvalue weighted by molar-refractivity contribution is 7.14. The summed E-state index contributed by atoms with van der Waals surface area (Å²) in [6.45, 7) is 2.64. The van der Waals surface area contributed by atoms with Crippen LogP contribution >= 0.6 is 11.3 Å². The van der Waals surface area contributed by atoms with Crippen LogP contribution in [-0.2, 0) is 27.2 Å². The van der Waals surface area contributed by atoms with Gasteiger partial charge in [0.05, 0.1) is 17.6 Å². The molecule has 1 aromatic rings. The summed E-state index contributed by atoms with van der Waals surface area (Å²) in [6, 6.07) is 1.93. The normalized spacial score (nSPS) is 20.2. The van der Waals surface area contributed by atoms with Crippen molar-refractivity contribution in [3.63, 3.8) is 0 Å². The number of hydrogen-bond acceptors (Lipinski definition) is 5. The maximum absolute atomic E-state index is 12.4. The fourth-order valence-corrected chi connectivity index (χ4v) is 4.36. The Bertz CT molecular complexity index is 623. The summed E-state index contributed by atoms with van der Waals surface area (Å²) in [4.78, 5) is 29.8. The van der Waals surface area contributed by atoms with E-state index < -0.39 is 0 Å². The number of carbonyl (C=O) groups is 2. The lowest BCUT2D eigenvalue weighted by molar-refractivity contribution is -0.139. The first-order valence-corrected chi connectivity index (χ1v) is 9.66. The lowest BCUT2D eigenvalue weighted by Crippen LogP contribution is -2.38. The standard InChI is InChI=1S/C18H26N2O4S/c1-19(2)18(22)16-9-13-10-20(7-6-15(13)25-16)17(21)12-23-11-14-5-3-4-8-24-14/h9,14H,3-8,10-12H2,1-2H3/t14-/m0/s1. The zero-order chi connectivity index (χ0) is 17.8. The first kappa shape index (κ1) is 18.4. The Balaban J connectivity index is 1.49. The van der Waals surface area contributed by atoms with E-state index >= 15 is 0 Å². The van der Waals surface area contributed by atoms with Crippen molar-refractivity contribution < 1.29 is 19.1 Å². The highest BCUT2D eigenvalue weighted by Gasteiger charge is 2.25. The molecule has 0 N–H and O–H groups in total. The average molecular weight is 366 g/mol. The minimum absolute atomic E-state index is 0.00754. The van der Waals surface area contributed by atoms with E-state index in [1.165, 1.54) is 11.3 Å². The third kappa shape index (κ3) is 4.59. The highest BCUT2D eigenvalue weighted by atomic mass is 32.1. The van der Waals surface area contributed by atoms with Gasteiger partial charge < -0.3 is 19.3 Å². The number of fused-ring (bicyclic) bond motifs is 1. The lowest BCUT2D eigenvalue weighted by Gasteiger charge is -2.27. The lowest BCUT2D eigenvalue weighted by atomic mass is 10.1. The van der Waals surface area contributed by atoms with Crippen molar-refractivity contribution in [1.29, 1.82) is 0 Å². The van der Waals surface area contributed by atoms with Crippen molar-refractivity contribution in [2.75, 3.05) is 40.5 Å². The molecule has 2 amide bonds. The molecule has 3 heterocycles. The quantitative estimate of drug-likeness (QED) is 0.799. The molecule has 0 radical (unpaired) electrons. The molecule has 25 heavy (non-hydrogen) atoms. The van der Waals surface area contributed by atoms with Crippen LogP contribution in [0.2, 0.25) is 0 Å². The molecule has 0 spiro atoms. The van der Waals surface area contributed by atoms with E-state index in [1.54, 1.807) is 30.3 Å².